The smallest absolute Gasteiger partial charge is 0.318 e. The van der Waals surface area contributed by atoms with Crippen molar-refractivity contribution < 1.29 is 9.59 Å². The van der Waals surface area contributed by atoms with Crippen molar-refractivity contribution in [2.24, 2.45) is 0 Å². The Hall–Kier alpha value is -1.84. The van der Waals surface area contributed by atoms with Gasteiger partial charge in [0, 0.05) is 7.05 Å². The topological polar surface area (TPSA) is 49.4 Å². The van der Waals surface area contributed by atoms with Crippen molar-refractivity contribution in [3.63, 3.8) is 0 Å². The van der Waals surface area contributed by atoms with Crippen LogP contribution in [0.3, 0.4) is 0 Å². The summed E-state index contributed by atoms with van der Waals surface area (Å²) in [7, 11) is 1.57. The highest BCUT2D eigenvalue weighted by Gasteiger charge is 2.21. The third-order valence-electron chi connectivity index (χ3n) is 1.91. The zero-order valence-electron chi connectivity index (χ0n) is 8.86. The van der Waals surface area contributed by atoms with Crippen LogP contribution in [-0.4, -0.2) is 30.4 Å². The molecule has 1 aromatic carbocycles. The molecular weight excluding hydrogens is 192 g/mol. The predicted molar refractivity (Wildman–Crippen MR) is 57.3 cm³/mol. The molecule has 0 unspecified atom stereocenters. The van der Waals surface area contributed by atoms with Crippen molar-refractivity contribution in [3.8, 4) is 0 Å². The van der Waals surface area contributed by atoms with E-state index < -0.39 is 0 Å². The molecule has 0 atom stereocenters. The van der Waals surface area contributed by atoms with E-state index in [0.29, 0.717) is 0 Å². The van der Waals surface area contributed by atoms with Gasteiger partial charge in [0.1, 0.15) is 6.54 Å². The number of hydrogen-bond donors (Lipinski definition) is 1. The van der Waals surface area contributed by atoms with Crippen molar-refractivity contribution in [3.05, 3.63) is 35.9 Å². The summed E-state index contributed by atoms with van der Waals surface area (Å²) < 4.78 is 0. The number of nitrogens with one attached hydrogen (secondary N) is 1. The van der Waals surface area contributed by atoms with Gasteiger partial charge in [-0.3, -0.25) is 10.1 Å². The number of likely N-dealkylation sites (N-methyl/N-ethyl adjacent to an activating group) is 1. The molecule has 3 amide bonds. The first-order chi connectivity index (χ1) is 7.09. The lowest BCUT2D eigenvalue weighted by molar-refractivity contribution is -0.118. The van der Waals surface area contributed by atoms with Crippen LogP contribution in [0.5, 0.6) is 0 Å². The maximum Gasteiger partial charge on any atom is 0.324 e. The van der Waals surface area contributed by atoms with E-state index in [4.69, 9.17) is 0 Å². The third kappa shape index (κ3) is 3.81. The second kappa shape index (κ2) is 5.14. The number of carbonyl (C=O) groups is 2. The monoisotopic (exact) mass is 206 g/mol. The number of imide groups is 1. The SMILES string of the molecule is CN1CC(=O)NC1=O.Cc1ccccc1. The quantitative estimate of drug-likeness (QED) is 0.648. The number of urea groups is 1. The van der Waals surface area contributed by atoms with Gasteiger partial charge in [-0.1, -0.05) is 35.9 Å². The molecule has 0 saturated carbocycles. The maximum atomic E-state index is 10.4. The van der Waals surface area contributed by atoms with Gasteiger partial charge in [0.05, 0.1) is 0 Å². The maximum absolute atomic E-state index is 10.4. The van der Waals surface area contributed by atoms with Crippen LogP contribution in [0.15, 0.2) is 30.3 Å². The van der Waals surface area contributed by atoms with E-state index in [-0.39, 0.29) is 18.5 Å². The molecule has 0 bridgehead atoms. The van der Waals surface area contributed by atoms with Gasteiger partial charge in [-0.05, 0) is 6.92 Å². The Morgan fingerprint density at radius 1 is 1.20 bits per heavy atom. The van der Waals surface area contributed by atoms with Crippen LogP contribution in [0.4, 0.5) is 4.79 Å². The third-order valence-corrected chi connectivity index (χ3v) is 1.91. The van der Waals surface area contributed by atoms with Crippen molar-refractivity contribution in [2.75, 3.05) is 13.6 Å². The van der Waals surface area contributed by atoms with Crippen molar-refractivity contribution in [1.29, 1.82) is 0 Å². The van der Waals surface area contributed by atoms with Crippen LogP contribution in [0.2, 0.25) is 0 Å². The summed E-state index contributed by atoms with van der Waals surface area (Å²) in [5.41, 5.74) is 1.32. The Bertz CT molecular complexity index is 349. The summed E-state index contributed by atoms with van der Waals surface area (Å²) in [5.74, 6) is -0.225. The minimum atomic E-state index is -0.310. The van der Waals surface area contributed by atoms with Gasteiger partial charge < -0.3 is 4.90 Å². The van der Waals surface area contributed by atoms with Gasteiger partial charge in [-0.25, -0.2) is 4.79 Å². The normalized spacial score (nSPS) is 14.4. The molecule has 15 heavy (non-hydrogen) atoms. The van der Waals surface area contributed by atoms with E-state index in [1.54, 1.807) is 7.05 Å². The molecule has 0 aliphatic carbocycles. The molecule has 1 N–H and O–H groups in total. The molecule has 0 spiro atoms. The molecule has 1 fully saturated rings. The van der Waals surface area contributed by atoms with Crippen molar-refractivity contribution >= 4 is 11.9 Å². The molecule has 1 heterocycles. The molecule has 2 rings (SSSR count). The summed E-state index contributed by atoms with van der Waals surface area (Å²) >= 11 is 0. The Morgan fingerprint density at radius 2 is 1.80 bits per heavy atom. The lowest BCUT2D eigenvalue weighted by Gasteiger charge is -1.99. The number of nitrogens with zero attached hydrogens (tertiary/aromatic N) is 1. The van der Waals surface area contributed by atoms with E-state index in [0.717, 1.165) is 0 Å². The van der Waals surface area contributed by atoms with Gasteiger partial charge in [0.2, 0.25) is 5.91 Å². The highest BCUT2D eigenvalue weighted by molar-refractivity contribution is 6.01. The Morgan fingerprint density at radius 3 is 2.00 bits per heavy atom. The average molecular weight is 206 g/mol. The second-order valence-corrected chi connectivity index (χ2v) is 3.36. The number of amides is 3. The Balaban J connectivity index is 0.000000151. The molecule has 4 nitrogen and oxygen atoms in total. The summed E-state index contributed by atoms with van der Waals surface area (Å²) in [4.78, 5) is 22.0. The molecular formula is C11H14N2O2. The molecule has 1 aliphatic rings. The number of hydrogen-bond acceptors (Lipinski definition) is 2. The molecule has 1 aromatic rings. The van der Waals surface area contributed by atoms with Crippen LogP contribution >= 0.6 is 0 Å². The van der Waals surface area contributed by atoms with E-state index in [2.05, 4.69) is 24.4 Å². The van der Waals surface area contributed by atoms with Crippen molar-refractivity contribution in [2.45, 2.75) is 6.92 Å². The first kappa shape index (κ1) is 11.2. The molecule has 80 valence electrons. The van der Waals surface area contributed by atoms with Gasteiger partial charge >= 0.3 is 6.03 Å². The minimum Gasteiger partial charge on any atom is -0.318 e. The van der Waals surface area contributed by atoms with Gasteiger partial charge in [0.15, 0.2) is 0 Å². The summed E-state index contributed by atoms with van der Waals surface area (Å²) in [5, 5.41) is 2.11. The number of rotatable bonds is 0. The summed E-state index contributed by atoms with van der Waals surface area (Å²) in [6.45, 7) is 2.28. The van der Waals surface area contributed by atoms with Crippen LogP contribution in [0.25, 0.3) is 0 Å². The molecule has 0 radical (unpaired) electrons. The second-order valence-electron chi connectivity index (χ2n) is 3.36. The fourth-order valence-electron chi connectivity index (χ4n) is 1.08. The number of carbonyl (C=O) groups excluding carboxylic acids is 2. The molecule has 1 aliphatic heterocycles. The number of benzene rings is 1. The summed E-state index contributed by atoms with van der Waals surface area (Å²) in [6.07, 6.45) is 0. The van der Waals surface area contributed by atoms with Crippen LogP contribution in [-0.2, 0) is 4.79 Å². The average Bonchev–Trinajstić information content (AvgIpc) is 2.46. The van der Waals surface area contributed by atoms with Crippen LogP contribution in [0, 0.1) is 6.92 Å². The highest BCUT2D eigenvalue weighted by atomic mass is 16.2. The fourth-order valence-corrected chi connectivity index (χ4v) is 1.08. The van der Waals surface area contributed by atoms with E-state index in [9.17, 15) is 9.59 Å². The predicted octanol–water partition coefficient (Wildman–Crippen LogP) is 1.16. The zero-order valence-corrected chi connectivity index (χ0v) is 8.86. The Labute approximate surface area is 88.9 Å². The van der Waals surface area contributed by atoms with Gasteiger partial charge in [0.25, 0.3) is 0 Å². The zero-order chi connectivity index (χ0) is 11.3. The van der Waals surface area contributed by atoms with E-state index in [1.807, 2.05) is 18.2 Å². The first-order valence-electron chi connectivity index (χ1n) is 4.66. The van der Waals surface area contributed by atoms with Gasteiger partial charge in [-0.2, -0.15) is 0 Å². The largest absolute Gasteiger partial charge is 0.324 e. The molecule has 1 saturated heterocycles. The summed E-state index contributed by atoms with van der Waals surface area (Å²) in [6, 6.07) is 9.95. The van der Waals surface area contributed by atoms with E-state index in [1.165, 1.54) is 10.5 Å². The highest BCUT2D eigenvalue weighted by Crippen LogP contribution is 1.92. The Kier molecular flexibility index (Phi) is 3.85. The standard InChI is InChI=1S/C7H8.C4H6N2O2/c1-7-5-3-2-4-6-7;1-6-2-3(7)5-4(6)8/h2-6H,1H3;2H2,1H3,(H,5,7,8). The first-order valence-corrected chi connectivity index (χ1v) is 4.66. The van der Waals surface area contributed by atoms with Crippen LogP contribution in [0.1, 0.15) is 5.56 Å². The fraction of sp³-hybridized carbons (Fsp3) is 0.273. The minimum absolute atomic E-state index is 0.193. The number of aryl methyl sites for hydroxylation is 1. The van der Waals surface area contributed by atoms with Crippen molar-refractivity contribution in [1.82, 2.24) is 10.2 Å². The lowest BCUT2D eigenvalue weighted by Crippen LogP contribution is -2.24. The van der Waals surface area contributed by atoms with Gasteiger partial charge in [-0.15, -0.1) is 0 Å². The lowest BCUT2D eigenvalue weighted by atomic mass is 10.2. The molecule has 4 heteroatoms. The van der Waals surface area contributed by atoms with E-state index >= 15 is 0 Å². The van der Waals surface area contributed by atoms with Crippen LogP contribution < -0.4 is 5.32 Å². The molecule has 0 aromatic heterocycles.